The number of carbonyl (C=O) groups is 1. The second-order valence-electron chi connectivity index (χ2n) is 1.70. The van der Waals surface area contributed by atoms with Crippen molar-refractivity contribution in [2.75, 3.05) is 0 Å². The Kier molecular flexibility index (Phi) is 2.90. The number of halogens is 1. The Bertz CT molecular complexity index is 235. The minimum Gasteiger partial charge on any atom is -0.478 e. The summed E-state index contributed by atoms with van der Waals surface area (Å²) in [4.78, 5) is 10.0. The van der Waals surface area contributed by atoms with Crippen LogP contribution in [0.3, 0.4) is 0 Å². The van der Waals surface area contributed by atoms with Crippen LogP contribution in [0.5, 0.6) is 0 Å². The molecule has 60 valence electrons. The molecule has 0 spiro atoms. The van der Waals surface area contributed by atoms with Crippen molar-refractivity contribution in [2.24, 2.45) is 0 Å². The number of thioether (sulfide) groups is 1. The van der Waals surface area contributed by atoms with Gasteiger partial charge in [0.1, 0.15) is 0 Å². The van der Waals surface area contributed by atoms with Crippen molar-refractivity contribution in [3.05, 3.63) is 17.5 Å². The van der Waals surface area contributed by atoms with Gasteiger partial charge in [-0.25, -0.2) is 9.18 Å². The largest absolute Gasteiger partial charge is 0.478 e. The maximum Gasteiger partial charge on any atom is 0.349 e. The lowest BCUT2D eigenvalue weighted by Gasteiger charge is -1.97. The molecule has 1 aromatic rings. The molecule has 1 heterocycles. The Morgan fingerprint density at radius 1 is 1.82 bits per heavy atom. The van der Waals surface area contributed by atoms with Crippen molar-refractivity contribution in [1.82, 2.24) is 0 Å². The second kappa shape index (κ2) is 3.73. The Morgan fingerprint density at radius 2 is 2.55 bits per heavy atom. The number of hydrogen-bond donors (Lipinski definition) is 1. The van der Waals surface area contributed by atoms with E-state index in [9.17, 15) is 9.18 Å². The summed E-state index contributed by atoms with van der Waals surface area (Å²) in [6, 6.07) is 3.44. The standard InChI is InChI=1S/C6H5FO2S2/c7-5(6(8)9)11-4-2-1-3-10-4/h1-3,5H,(H,8,9). The Morgan fingerprint density at radius 3 is 3.00 bits per heavy atom. The van der Waals surface area contributed by atoms with E-state index in [0.717, 1.165) is 0 Å². The van der Waals surface area contributed by atoms with Gasteiger partial charge in [-0.15, -0.1) is 11.3 Å². The molecule has 1 rings (SSSR count). The van der Waals surface area contributed by atoms with Gasteiger partial charge in [0.2, 0.25) is 5.50 Å². The minimum atomic E-state index is -1.85. The third kappa shape index (κ3) is 2.51. The predicted octanol–water partition coefficient (Wildman–Crippen LogP) is 2.22. The Labute approximate surface area is 71.0 Å². The fourth-order valence-corrected chi connectivity index (χ4v) is 2.04. The SMILES string of the molecule is O=C(O)C(F)Sc1cccs1. The van der Waals surface area contributed by atoms with E-state index in [1.807, 2.05) is 0 Å². The van der Waals surface area contributed by atoms with E-state index in [1.165, 1.54) is 11.3 Å². The molecule has 0 aliphatic carbocycles. The van der Waals surface area contributed by atoms with Crippen LogP contribution < -0.4 is 0 Å². The molecule has 2 nitrogen and oxygen atoms in total. The quantitative estimate of drug-likeness (QED) is 0.746. The van der Waals surface area contributed by atoms with Gasteiger partial charge in [0.15, 0.2) is 0 Å². The molecule has 0 aliphatic rings. The van der Waals surface area contributed by atoms with Crippen molar-refractivity contribution in [3.8, 4) is 0 Å². The molecule has 0 saturated carbocycles. The van der Waals surface area contributed by atoms with E-state index in [-0.39, 0.29) is 0 Å². The molecule has 0 radical (unpaired) electrons. The number of carboxylic acid groups (broad SMARTS) is 1. The summed E-state index contributed by atoms with van der Waals surface area (Å²) in [5.74, 6) is -1.43. The predicted molar refractivity (Wildman–Crippen MR) is 42.7 cm³/mol. The molecule has 0 amide bonds. The molecule has 0 fully saturated rings. The molecule has 0 saturated heterocycles. The van der Waals surface area contributed by atoms with Gasteiger partial charge in [0.25, 0.3) is 0 Å². The zero-order valence-corrected chi connectivity index (χ0v) is 6.99. The summed E-state index contributed by atoms with van der Waals surface area (Å²) in [7, 11) is 0. The van der Waals surface area contributed by atoms with Crippen LogP contribution in [0, 0.1) is 0 Å². The number of thiophene rings is 1. The van der Waals surface area contributed by atoms with E-state index in [0.29, 0.717) is 16.0 Å². The average Bonchev–Trinajstić information content (AvgIpc) is 2.39. The van der Waals surface area contributed by atoms with Gasteiger partial charge >= 0.3 is 5.97 Å². The average molecular weight is 192 g/mol. The summed E-state index contributed by atoms with van der Waals surface area (Å²) in [6.07, 6.45) is 0. The molecule has 1 aromatic heterocycles. The van der Waals surface area contributed by atoms with Gasteiger partial charge in [-0.3, -0.25) is 0 Å². The van der Waals surface area contributed by atoms with Crippen LogP contribution in [0.15, 0.2) is 21.7 Å². The van der Waals surface area contributed by atoms with Gasteiger partial charge in [0, 0.05) is 0 Å². The van der Waals surface area contributed by atoms with E-state index in [4.69, 9.17) is 5.11 Å². The van der Waals surface area contributed by atoms with Gasteiger partial charge in [0.05, 0.1) is 4.21 Å². The first-order valence-corrected chi connectivity index (χ1v) is 4.53. The lowest BCUT2D eigenvalue weighted by Crippen LogP contribution is -2.08. The highest BCUT2D eigenvalue weighted by Gasteiger charge is 2.16. The highest BCUT2D eigenvalue weighted by Crippen LogP contribution is 2.28. The monoisotopic (exact) mass is 192 g/mol. The van der Waals surface area contributed by atoms with Crippen LogP contribution in [-0.4, -0.2) is 16.6 Å². The van der Waals surface area contributed by atoms with Crippen LogP contribution in [0.2, 0.25) is 0 Å². The molecule has 0 aromatic carbocycles. The van der Waals surface area contributed by atoms with Crippen molar-refractivity contribution in [1.29, 1.82) is 0 Å². The number of carboxylic acids is 1. The molecule has 0 aliphatic heterocycles. The fraction of sp³-hybridized carbons (Fsp3) is 0.167. The summed E-state index contributed by atoms with van der Waals surface area (Å²) in [5.41, 5.74) is -1.85. The van der Waals surface area contributed by atoms with Gasteiger partial charge in [-0.05, 0) is 11.4 Å². The van der Waals surface area contributed by atoms with Crippen LogP contribution in [0.1, 0.15) is 0 Å². The molecule has 1 atom stereocenters. The first kappa shape index (κ1) is 8.55. The maximum absolute atomic E-state index is 12.5. The van der Waals surface area contributed by atoms with Crippen molar-refractivity contribution < 1.29 is 14.3 Å². The van der Waals surface area contributed by atoms with Crippen LogP contribution in [-0.2, 0) is 4.79 Å². The number of alkyl halides is 1. The lowest BCUT2D eigenvalue weighted by atomic mass is 10.7. The summed E-state index contributed by atoms with van der Waals surface area (Å²) in [5, 5.41) is 9.96. The lowest BCUT2D eigenvalue weighted by molar-refractivity contribution is -0.139. The van der Waals surface area contributed by atoms with Crippen molar-refractivity contribution in [3.63, 3.8) is 0 Å². The van der Waals surface area contributed by atoms with Crippen LogP contribution in [0.25, 0.3) is 0 Å². The fourth-order valence-electron chi connectivity index (χ4n) is 0.483. The zero-order valence-electron chi connectivity index (χ0n) is 5.36. The normalized spacial score (nSPS) is 12.8. The highest BCUT2D eigenvalue weighted by atomic mass is 32.2. The smallest absolute Gasteiger partial charge is 0.349 e. The molecule has 1 unspecified atom stereocenters. The second-order valence-corrected chi connectivity index (χ2v) is 4.00. The molecule has 5 heteroatoms. The number of rotatable bonds is 3. The van der Waals surface area contributed by atoms with E-state index < -0.39 is 11.5 Å². The van der Waals surface area contributed by atoms with Gasteiger partial charge in [-0.1, -0.05) is 17.8 Å². The molecule has 1 N–H and O–H groups in total. The first-order valence-electron chi connectivity index (χ1n) is 2.77. The summed E-state index contributed by atoms with van der Waals surface area (Å²) < 4.78 is 13.1. The molecular formula is C6H5FO2S2. The summed E-state index contributed by atoms with van der Waals surface area (Å²) >= 11 is 2.04. The molecule has 11 heavy (non-hydrogen) atoms. The van der Waals surface area contributed by atoms with E-state index in [2.05, 4.69) is 0 Å². The third-order valence-electron chi connectivity index (χ3n) is 0.909. The van der Waals surface area contributed by atoms with Gasteiger partial charge < -0.3 is 5.11 Å². The van der Waals surface area contributed by atoms with Crippen LogP contribution in [0.4, 0.5) is 4.39 Å². The number of aliphatic carboxylic acids is 1. The van der Waals surface area contributed by atoms with Crippen molar-refractivity contribution in [2.45, 2.75) is 9.71 Å². The first-order chi connectivity index (χ1) is 5.20. The Balaban J connectivity index is 2.50. The Hall–Kier alpha value is -0.550. The van der Waals surface area contributed by atoms with Crippen LogP contribution >= 0.6 is 23.1 Å². The van der Waals surface area contributed by atoms with Gasteiger partial charge in [-0.2, -0.15) is 0 Å². The van der Waals surface area contributed by atoms with Crippen molar-refractivity contribution >= 4 is 29.1 Å². The van der Waals surface area contributed by atoms with E-state index >= 15 is 0 Å². The minimum absolute atomic E-state index is 0.680. The number of hydrogen-bond acceptors (Lipinski definition) is 3. The summed E-state index contributed by atoms with van der Waals surface area (Å²) in [6.45, 7) is 0. The molecule has 0 bridgehead atoms. The zero-order chi connectivity index (χ0) is 8.27. The molecular weight excluding hydrogens is 187 g/mol. The third-order valence-corrected chi connectivity index (χ3v) is 2.92. The maximum atomic E-state index is 12.5. The van der Waals surface area contributed by atoms with E-state index in [1.54, 1.807) is 17.5 Å². The topological polar surface area (TPSA) is 37.3 Å². The highest BCUT2D eigenvalue weighted by molar-refractivity contribution is 8.02.